The van der Waals surface area contributed by atoms with Crippen LogP contribution in [-0.4, -0.2) is 9.55 Å². The zero-order valence-corrected chi connectivity index (χ0v) is 24.5. The van der Waals surface area contributed by atoms with E-state index in [1.165, 1.54) is 64.2 Å². The quantitative estimate of drug-likeness (QED) is 0.382. The van der Waals surface area contributed by atoms with Crippen molar-refractivity contribution in [3.63, 3.8) is 0 Å². The molecule has 7 atom stereocenters. The van der Waals surface area contributed by atoms with E-state index in [-0.39, 0.29) is 0 Å². The van der Waals surface area contributed by atoms with Crippen LogP contribution < -0.4 is 0 Å². The van der Waals surface area contributed by atoms with Crippen LogP contribution in [0.2, 0.25) is 0 Å². The van der Waals surface area contributed by atoms with Crippen molar-refractivity contribution in [2.75, 3.05) is 0 Å². The summed E-state index contributed by atoms with van der Waals surface area (Å²) in [6.07, 6.45) is 24.7. The standard InChI is InChI=1S/C27H42N2.2C2H6.C2H4/c1-4-5-20-10-13-27(3)22(18-20)6-8-23-24-9-7-21(12-16-29-17-15-28-19-29)26(24,2)14-11-25(23)27;3*1-2/h7,15,17,19-20,22-25H,4-6,8-14,16,18H2,1-3H3;2*1-2H3;1-2H2. The van der Waals surface area contributed by atoms with Gasteiger partial charge in [0.05, 0.1) is 6.33 Å². The number of allylic oxidation sites excluding steroid dienone is 2. The van der Waals surface area contributed by atoms with Gasteiger partial charge in [0, 0.05) is 18.9 Å². The summed E-state index contributed by atoms with van der Waals surface area (Å²) >= 11 is 0. The summed E-state index contributed by atoms with van der Waals surface area (Å²) in [6, 6.07) is 0. The van der Waals surface area contributed by atoms with E-state index in [4.69, 9.17) is 0 Å². The fourth-order valence-corrected chi connectivity index (χ4v) is 8.73. The predicted molar refractivity (Wildman–Crippen MR) is 154 cm³/mol. The minimum absolute atomic E-state index is 0.477. The van der Waals surface area contributed by atoms with E-state index < -0.39 is 0 Å². The maximum Gasteiger partial charge on any atom is 0.0946 e. The number of imidazole rings is 1. The molecule has 4 aliphatic carbocycles. The minimum atomic E-state index is 0.477. The lowest BCUT2D eigenvalue weighted by Crippen LogP contribution is -2.53. The molecule has 3 saturated carbocycles. The molecular weight excluding hydrogens is 424 g/mol. The second kappa shape index (κ2) is 13.8. The van der Waals surface area contributed by atoms with Gasteiger partial charge in [-0.05, 0) is 98.2 Å². The lowest BCUT2D eigenvalue weighted by Gasteiger charge is -2.61. The Labute approximate surface area is 219 Å². The van der Waals surface area contributed by atoms with Gasteiger partial charge in [-0.15, -0.1) is 13.2 Å². The summed E-state index contributed by atoms with van der Waals surface area (Å²) in [5, 5.41) is 0. The predicted octanol–water partition coefficient (Wildman–Crippen LogP) is 10.1. The fourth-order valence-electron chi connectivity index (χ4n) is 8.73. The van der Waals surface area contributed by atoms with Gasteiger partial charge >= 0.3 is 0 Å². The summed E-state index contributed by atoms with van der Waals surface area (Å²) in [4.78, 5) is 4.23. The average Bonchev–Trinajstić information content (AvgIpc) is 3.54. The molecule has 4 aliphatic rings. The van der Waals surface area contributed by atoms with Crippen LogP contribution in [0, 0.1) is 40.4 Å². The Hall–Kier alpha value is -1.31. The van der Waals surface area contributed by atoms with E-state index in [1.54, 1.807) is 12.0 Å². The zero-order chi connectivity index (χ0) is 26.1. The first-order valence-corrected chi connectivity index (χ1v) is 15.2. The highest BCUT2D eigenvalue weighted by Gasteiger charge is 2.58. The molecule has 0 aromatic carbocycles. The second-order valence-electron chi connectivity index (χ2n) is 11.6. The zero-order valence-electron chi connectivity index (χ0n) is 24.5. The van der Waals surface area contributed by atoms with Crippen molar-refractivity contribution in [1.29, 1.82) is 0 Å². The van der Waals surface area contributed by atoms with Gasteiger partial charge in [0.1, 0.15) is 0 Å². The Balaban J connectivity index is 0.000000671. The molecule has 7 unspecified atom stereocenters. The highest BCUT2D eigenvalue weighted by Crippen LogP contribution is 2.67. The maximum absolute atomic E-state index is 4.23. The Morgan fingerprint density at radius 3 is 2.40 bits per heavy atom. The van der Waals surface area contributed by atoms with Crippen molar-refractivity contribution in [2.45, 2.75) is 126 Å². The second-order valence-corrected chi connectivity index (χ2v) is 11.6. The third-order valence-electron chi connectivity index (χ3n) is 10.4. The van der Waals surface area contributed by atoms with Crippen molar-refractivity contribution in [2.24, 2.45) is 40.4 Å². The number of hydrogen-bond donors (Lipinski definition) is 0. The molecule has 1 aromatic rings. The number of hydrogen-bond acceptors (Lipinski definition) is 1. The molecule has 0 N–H and O–H groups in total. The molecule has 35 heavy (non-hydrogen) atoms. The Bertz CT molecular complexity index is 749. The number of nitrogens with zero attached hydrogens (tertiary/aromatic N) is 2. The van der Waals surface area contributed by atoms with Crippen LogP contribution in [0.15, 0.2) is 43.5 Å². The van der Waals surface area contributed by atoms with Crippen LogP contribution in [0.5, 0.6) is 0 Å². The van der Waals surface area contributed by atoms with E-state index in [9.17, 15) is 0 Å². The van der Waals surface area contributed by atoms with Crippen LogP contribution in [0.3, 0.4) is 0 Å². The fraction of sp³-hybridized carbons (Fsp3) is 0.788. The Morgan fingerprint density at radius 1 is 1.00 bits per heavy atom. The summed E-state index contributed by atoms with van der Waals surface area (Å²) in [5.41, 5.74) is 2.90. The molecule has 0 spiro atoms. The summed E-state index contributed by atoms with van der Waals surface area (Å²) in [7, 11) is 0. The molecule has 2 nitrogen and oxygen atoms in total. The van der Waals surface area contributed by atoms with Gasteiger partial charge < -0.3 is 4.57 Å². The molecule has 0 bridgehead atoms. The minimum Gasteiger partial charge on any atom is -0.337 e. The van der Waals surface area contributed by atoms with E-state index in [1.807, 2.05) is 40.2 Å². The van der Waals surface area contributed by atoms with Gasteiger partial charge in [-0.2, -0.15) is 0 Å². The third-order valence-corrected chi connectivity index (χ3v) is 10.4. The Morgan fingerprint density at radius 2 is 1.74 bits per heavy atom. The maximum atomic E-state index is 4.23. The molecule has 3 fully saturated rings. The van der Waals surface area contributed by atoms with Gasteiger partial charge in [-0.3, -0.25) is 0 Å². The molecule has 200 valence electrons. The first-order chi connectivity index (χ1) is 17.0. The normalized spacial score (nSPS) is 36.9. The van der Waals surface area contributed by atoms with Gasteiger partial charge in [-0.25, -0.2) is 4.98 Å². The molecule has 0 amide bonds. The van der Waals surface area contributed by atoms with Gasteiger partial charge in [0.25, 0.3) is 0 Å². The van der Waals surface area contributed by atoms with E-state index >= 15 is 0 Å². The molecule has 2 heteroatoms. The lowest BCUT2D eigenvalue weighted by molar-refractivity contribution is -0.108. The monoisotopic (exact) mass is 482 g/mol. The summed E-state index contributed by atoms with van der Waals surface area (Å²) in [5.74, 6) is 4.97. The largest absolute Gasteiger partial charge is 0.337 e. The molecule has 1 aromatic heterocycles. The third kappa shape index (κ3) is 5.99. The number of aryl methyl sites for hydroxylation is 1. The van der Waals surface area contributed by atoms with E-state index in [2.05, 4.69) is 55.8 Å². The molecule has 0 aliphatic heterocycles. The smallest absolute Gasteiger partial charge is 0.0946 e. The Kier molecular flexibility index (Phi) is 11.8. The molecule has 1 heterocycles. The summed E-state index contributed by atoms with van der Waals surface area (Å²) < 4.78 is 2.25. The molecule has 5 rings (SSSR count). The van der Waals surface area contributed by atoms with E-state index in [0.29, 0.717) is 10.8 Å². The molecule has 0 radical (unpaired) electrons. The van der Waals surface area contributed by atoms with Crippen molar-refractivity contribution < 1.29 is 0 Å². The van der Waals surface area contributed by atoms with Crippen molar-refractivity contribution in [3.05, 3.63) is 43.5 Å². The van der Waals surface area contributed by atoms with E-state index in [0.717, 1.165) is 36.1 Å². The van der Waals surface area contributed by atoms with Crippen LogP contribution in [0.4, 0.5) is 0 Å². The highest BCUT2D eigenvalue weighted by atomic mass is 15.0. The number of rotatable bonds is 5. The van der Waals surface area contributed by atoms with Crippen LogP contribution in [-0.2, 0) is 6.54 Å². The number of aromatic nitrogens is 2. The van der Waals surface area contributed by atoms with Crippen LogP contribution >= 0.6 is 0 Å². The first kappa shape index (κ1) is 29.9. The SMILES string of the molecule is C=C.CC.CC.CCCC1CCC2(C)C(CCC3C4CC=C(CCn5ccnc5)C4(C)CCC32)C1. The van der Waals surface area contributed by atoms with Gasteiger partial charge in [0.2, 0.25) is 0 Å². The molecular formula is C33H58N2. The van der Waals surface area contributed by atoms with Gasteiger partial charge in [0.15, 0.2) is 0 Å². The lowest BCUT2D eigenvalue weighted by atomic mass is 9.44. The van der Waals surface area contributed by atoms with Crippen molar-refractivity contribution in [1.82, 2.24) is 9.55 Å². The van der Waals surface area contributed by atoms with Crippen LogP contribution in [0.1, 0.15) is 119 Å². The summed E-state index contributed by atoms with van der Waals surface area (Å²) in [6.45, 7) is 22.8. The topological polar surface area (TPSA) is 17.8 Å². The van der Waals surface area contributed by atoms with Gasteiger partial charge in [-0.1, -0.05) is 73.0 Å². The first-order valence-electron chi connectivity index (χ1n) is 15.2. The van der Waals surface area contributed by atoms with Crippen molar-refractivity contribution >= 4 is 0 Å². The van der Waals surface area contributed by atoms with Crippen LogP contribution in [0.25, 0.3) is 0 Å². The average molecular weight is 483 g/mol. The highest BCUT2D eigenvalue weighted by molar-refractivity contribution is 5.25. The number of fused-ring (bicyclic) bond motifs is 5. The molecule has 0 saturated heterocycles. The van der Waals surface area contributed by atoms with Crippen molar-refractivity contribution in [3.8, 4) is 0 Å².